The number of allylic oxidation sites excluding steroid dienone is 2. The molecule has 0 bridgehead atoms. The highest BCUT2D eigenvalue weighted by molar-refractivity contribution is 4.81. The van der Waals surface area contributed by atoms with Crippen molar-refractivity contribution in [1.82, 2.24) is 0 Å². The van der Waals surface area contributed by atoms with Gasteiger partial charge in [-0.2, -0.15) is 0 Å². The molecule has 30 heavy (non-hydrogen) atoms. The largest absolute Gasteiger partial charge is 0.0885 e. The van der Waals surface area contributed by atoms with E-state index in [1.165, 1.54) is 167 Å². The molecular weight excluding hydrogens is 360 g/mol. The van der Waals surface area contributed by atoms with E-state index >= 15 is 0 Å². The zero-order valence-electron chi connectivity index (χ0n) is 21.5. The van der Waals surface area contributed by atoms with Crippen LogP contribution in [0.2, 0.25) is 0 Å². The van der Waals surface area contributed by atoms with E-state index in [-0.39, 0.29) is 0 Å². The summed E-state index contributed by atoms with van der Waals surface area (Å²) in [5, 5.41) is 0. The van der Waals surface area contributed by atoms with Gasteiger partial charge in [-0.05, 0) is 25.7 Å². The van der Waals surface area contributed by atoms with E-state index in [1.54, 1.807) is 0 Å². The molecule has 0 heterocycles. The van der Waals surface area contributed by atoms with Crippen LogP contribution in [0.25, 0.3) is 0 Å². The summed E-state index contributed by atoms with van der Waals surface area (Å²) in [6.07, 6.45) is 42.4. The lowest BCUT2D eigenvalue weighted by molar-refractivity contribution is 0.523. The molecule has 0 nitrogen and oxygen atoms in total. The maximum atomic E-state index is 2.44. The van der Waals surface area contributed by atoms with Crippen LogP contribution in [0.4, 0.5) is 0 Å². The minimum absolute atomic E-state index is 1.31. The van der Waals surface area contributed by atoms with Crippen LogP contribution < -0.4 is 0 Å². The summed E-state index contributed by atoms with van der Waals surface area (Å²) >= 11 is 0. The highest BCUT2D eigenvalue weighted by atomic mass is 14.0. The van der Waals surface area contributed by atoms with Gasteiger partial charge in [0, 0.05) is 0 Å². The molecule has 0 N–H and O–H groups in total. The molecular formula is C30H60. The zero-order chi connectivity index (χ0) is 21.8. The van der Waals surface area contributed by atoms with Gasteiger partial charge in [0.1, 0.15) is 0 Å². The number of unbranched alkanes of at least 4 members (excludes halogenated alkanes) is 24. The first-order chi connectivity index (χ1) is 14.9. The number of hydrogen-bond donors (Lipinski definition) is 0. The molecule has 0 aromatic carbocycles. The fourth-order valence-corrected chi connectivity index (χ4v) is 4.44. The van der Waals surface area contributed by atoms with Gasteiger partial charge in [-0.25, -0.2) is 0 Å². The molecule has 0 spiro atoms. The smallest absolute Gasteiger partial charge is 0.0351 e. The highest BCUT2D eigenvalue weighted by Crippen LogP contribution is 2.15. The Balaban J connectivity index is 3.03. The predicted molar refractivity (Wildman–Crippen MR) is 141 cm³/mol. The molecule has 0 atom stereocenters. The summed E-state index contributed by atoms with van der Waals surface area (Å²) in [6, 6.07) is 0. The molecule has 0 aliphatic carbocycles. The van der Waals surface area contributed by atoms with E-state index in [1.807, 2.05) is 0 Å². The third-order valence-electron chi connectivity index (χ3n) is 6.62. The minimum Gasteiger partial charge on any atom is -0.0885 e. The predicted octanol–water partition coefficient (Wildman–Crippen LogP) is 11.7. The average molecular weight is 421 g/mol. The molecule has 0 aromatic heterocycles. The van der Waals surface area contributed by atoms with E-state index in [9.17, 15) is 0 Å². The molecule has 0 aliphatic rings. The van der Waals surface area contributed by atoms with Gasteiger partial charge in [0.05, 0.1) is 0 Å². The first kappa shape index (κ1) is 29.7. The Morgan fingerprint density at radius 1 is 0.267 bits per heavy atom. The lowest BCUT2D eigenvalue weighted by atomic mass is 10.0. The van der Waals surface area contributed by atoms with Gasteiger partial charge in [-0.3, -0.25) is 0 Å². The van der Waals surface area contributed by atoms with Crippen LogP contribution in [-0.2, 0) is 0 Å². The molecule has 180 valence electrons. The van der Waals surface area contributed by atoms with Gasteiger partial charge < -0.3 is 0 Å². The lowest BCUT2D eigenvalue weighted by Crippen LogP contribution is -1.84. The van der Waals surface area contributed by atoms with Crippen molar-refractivity contribution >= 4 is 0 Å². The Kier molecular flexibility index (Phi) is 28.5. The Labute approximate surface area is 193 Å². The molecule has 0 aromatic rings. The van der Waals surface area contributed by atoms with Gasteiger partial charge in [-0.15, -0.1) is 0 Å². The molecule has 0 aliphatic heterocycles. The van der Waals surface area contributed by atoms with Crippen LogP contribution in [0.1, 0.15) is 181 Å². The van der Waals surface area contributed by atoms with Crippen LogP contribution in [0.3, 0.4) is 0 Å². The van der Waals surface area contributed by atoms with Crippen molar-refractivity contribution in [2.75, 3.05) is 0 Å². The Hall–Kier alpha value is -0.260. The summed E-state index contributed by atoms with van der Waals surface area (Å²) in [7, 11) is 0. The minimum atomic E-state index is 1.31. The molecule has 0 amide bonds. The van der Waals surface area contributed by atoms with Crippen molar-refractivity contribution in [2.45, 2.75) is 181 Å². The van der Waals surface area contributed by atoms with Crippen LogP contribution in [-0.4, -0.2) is 0 Å². The molecule has 0 radical (unpaired) electrons. The topological polar surface area (TPSA) is 0 Å². The van der Waals surface area contributed by atoms with Crippen LogP contribution in [0, 0.1) is 0 Å². The first-order valence-corrected chi connectivity index (χ1v) is 14.6. The van der Waals surface area contributed by atoms with Crippen LogP contribution in [0.5, 0.6) is 0 Å². The summed E-state index contributed by atoms with van der Waals surface area (Å²) in [4.78, 5) is 0. The summed E-state index contributed by atoms with van der Waals surface area (Å²) in [5.41, 5.74) is 0. The maximum absolute atomic E-state index is 2.44. The zero-order valence-corrected chi connectivity index (χ0v) is 21.5. The van der Waals surface area contributed by atoms with E-state index in [0.29, 0.717) is 0 Å². The van der Waals surface area contributed by atoms with Crippen molar-refractivity contribution in [3.05, 3.63) is 12.2 Å². The standard InChI is InChI=1S/C30H60/c1-3-5-7-9-11-13-15-17-19-21-23-25-27-29-30-28-26-24-22-20-18-16-14-12-10-8-6-4-2/h15,17H,3-14,16,18-30H2,1-2H3/b17-15+. The SMILES string of the molecule is CCCCCCC/C=C/CCCCCCCCCCCCCCCCCCCCC. The summed E-state index contributed by atoms with van der Waals surface area (Å²) < 4.78 is 0. The van der Waals surface area contributed by atoms with Gasteiger partial charge >= 0.3 is 0 Å². The highest BCUT2D eigenvalue weighted by Gasteiger charge is 1.95. The Bertz CT molecular complexity index is 303. The monoisotopic (exact) mass is 420 g/mol. The Morgan fingerprint density at radius 2 is 0.467 bits per heavy atom. The number of hydrogen-bond acceptors (Lipinski definition) is 0. The van der Waals surface area contributed by atoms with Crippen molar-refractivity contribution < 1.29 is 0 Å². The third-order valence-corrected chi connectivity index (χ3v) is 6.62. The fraction of sp³-hybridized carbons (Fsp3) is 0.933. The van der Waals surface area contributed by atoms with E-state index in [4.69, 9.17) is 0 Å². The quantitative estimate of drug-likeness (QED) is 0.0963. The first-order valence-electron chi connectivity index (χ1n) is 14.6. The average Bonchev–Trinajstić information content (AvgIpc) is 2.76. The second-order valence-corrected chi connectivity index (χ2v) is 9.83. The second kappa shape index (κ2) is 28.7. The van der Waals surface area contributed by atoms with E-state index in [0.717, 1.165) is 0 Å². The van der Waals surface area contributed by atoms with Gasteiger partial charge in [0.25, 0.3) is 0 Å². The molecule has 0 saturated carbocycles. The third kappa shape index (κ3) is 27.7. The maximum Gasteiger partial charge on any atom is -0.0351 e. The summed E-state index contributed by atoms with van der Waals surface area (Å²) in [5.74, 6) is 0. The molecule has 0 heteroatoms. The van der Waals surface area contributed by atoms with Crippen LogP contribution >= 0.6 is 0 Å². The second-order valence-electron chi connectivity index (χ2n) is 9.83. The molecule has 0 fully saturated rings. The van der Waals surface area contributed by atoms with Crippen molar-refractivity contribution in [3.63, 3.8) is 0 Å². The fourth-order valence-electron chi connectivity index (χ4n) is 4.44. The normalized spacial score (nSPS) is 11.7. The van der Waals surface area contributed by atoms with Crippen LogP contribution in [0.15, 0.2) is 12.2 Å². The molecule has 0 unspecified atom stereocenters. The van der Waals surface area contributed by atoms with E-state index < -0.39 is 0 Å². The molecule has 0 saturated heterocycles. The van der Waals surface area contributed by atoms with E-state index in [2.05, 4.69) is 26.0 Å². The Morgan fingerprint density at radius 3 is 0.700 bits per heavy atom. The van der Waals surface area contributed by atoms with Crippen molar-refractivity contribution in [3.8, 4) is 0 Å². The van der Waals surface area contributed by atoms with Gasteiger partial charge in [0.15, 0.2) is 0 Å². The number of rotatable bonds is 26. The van der Waals surface area contributed by atoms with Crippen molar-refractivity contribution in [1.29, 1.82) is 0 Å². The van der Waals surface area contributed by atoms with Crippen molar-refractivity contribution in [2.24, 2.45) is 0 Å². The van der Waals surface area contributed by atoms with Gasteiger partial charge in [-0.1, -0.05) is 167 Å². The van der Waals surface area contributed by atoms with Gasteiger partial charge in [0.2, 0.25) is 0 Å². The summed E-state index contributed by atoms with van der Waals surface area (Å²) in [6.45, 7) is 4.60. The lowest BCUT2D eigenvalue weighted by Gasteiger charge is -2.03. The molecule has 0 rings (SSSR count).